The van der Waals surface area contributed by atoms with Gasteiger partial charge in [-0.25, -0.2) is 0 Å². The average molecular weight is 257 g/mol. The lowest BCUT2D eigenvalue weighted by Gasteiger charge is -2.24. The molecular weight excluding hydrogens is 238 g/mol. The number of hydrogen-bond donors (Lipinski definition) is 0. The lowest BCUT2D eigenvalue weighted by molar-refractivity contribution is -0.123. The highest BCUT2D eigenvalue weighted by Gasteiger charge is 2.25. The summed E-state index contributed by atoms with van der Waals surface area (Å²) in [6, 6.07) is 8.22. The fraction of sp³-hybridized carbons (Fsp3) is 0.438. The molecule has 100 valence electrons. The second kappa shape index (κ2) is 4.72. The summed E-state index contributed by atoms with van der Waals surface area (Å²) in [6.45, 7) is 2.08. The fourth-order valence-corrected chi connectivity index (χ4v) is 3.13. The van der Waals surface area contributed by atoms with Crippen LogP contribution in [-0.4, -0.2) is 17.5 Å². The molecule has 1 atom stereocenters. The summed E-state index contributed by atoms with van der Waals surface area (Å²) in [4.78, 5) is 12.2. The number of ketones is 1. The van der Waals surface area contributed by atoms with E-state index in [0.29, 0.717) is 5.78 Å². The number of methoxy groups -OCH3 is 1. The molecule has 1 aliphatic carbocycles. The molecule has 0 radical (unpaired) electrons. The van der Waals surface area contributed by atoms with Gasteiger partial charge in [-0.2, -0.15) is 0 Å². The Morgan fingerprint density at radius 1 is 1.26 bits per heavy atom. The van der Waals surface area contributed by atoms with E-state index < -0.39 is 0 Å². The first-order valence-corrected chi connectivity index (χ1v) is 6.89. The third-order valence-corrected chi connectivity index (χ3v) is 4.07. The fourth-order valence-electron chi connectivity index (χ4n) is 3.13. The van der Waals surface area contributed by atoms with E-state index in [9.17, 15) is 4.79 Å². The van der Waals surface area contributed by atoms with Gasteiger partial charge in [0.25, 0.3) is 0 Å². The summed E-state index contributed by atoms with van der Waals surface area (Å²) < 4.78 is 7.47. The first kappa shape index (κ1) is 12.3. The number of Topliss-reactive ketones (excluding diaryl/α,β-unsaturated/α-hetero) is 1. The van der Waals surface area contributed by atoms with Crippen LogP contribution in [0.5, 0.6) is 5.75 Å². The number of carbonyl (C=O) groups excluding carboxylic acids is 1. The smallest absolute Gasteiger partial charge is 0.155 e. The van der Waals surface area contributed by atoms with Crippen molar-refractivity contribution in [2.24, 2.45) is 0 Å². The molecule has 0 saturated heterocycles. The number of nitrogens with zero attached hydrogens (tertiary/aromatic N) is 1. The predicted octanol–water partition coefficient (Wildman–Crippen LogP) is 3.64. The SMILES string of the molecule is COc1ccc2c(c1)cc(C)n2C1CCCCC1=O. The number of aromatic nitrogens is 1. The van der Waals surface area contributed by atoms with Crippen molar-refractivity contribution in [3.8, 4) is 5.75 Å². The van der Waals surface area contributed by atoms with Gasteiger partial charge in [0.05, 0.1) is 13.2 Å². The van der Waals surface area contributed by atoms with E-state index in [2.05, 4.69) is 23.6 Å². The van der Waals surface area contributed by atoms with E-state index in [0.717, 1.165) is 48.0 Å². The molecule has 0 amide bonds. The summed E-state index contributed by atoms with van der Waals surface area (Å²) in [5.74, 6) is 1.24. The predicted molar refractivity (Wildman–Crippen MR) is 75.7 cm³/mol. The van der Waals surface area contributed by atoms with E-state index in [4.69, 9.17) is 4.74 Å². The molecule has 1 fully saturated rings. The number of hydrogen-bond acceptors (Lipinski definition) is 2. The second-order valence-corrected chi connectivity index (χ2v) is 5.31. The summed E-state index contributed by atoms with van der Waals surface area (Å²) in [7, 11) is 1.68. The maximum absolute atomic E-state index is 12.2. The maximum Gasteiger partial charge on any atom is 0.155 e. The van der Waals surface area contributed by atoms with Crippen LogP contribution in [0.1, 0.15) is 37.4 Å². The quantitative estimate of drug-likeness (QED) is 0.822. The molecule has 1 heterocycles. The summed E-state index contributed by atoms with van der Waals surface area (Å²) in [5, 5.41) is 1.15. The van der Waals surface area contributed by atoms with E-state index in [1.807, 2.05) is 12.1 Å². The van der Waals surface area contributed by atoms with Crippen LogP contribution in [0.2, 0.25) is 0 Å². The van der Waals surface area contributed by atoms with Crippen molar-refractivity contribution in [2.75, 3.05) is 7.11 Å². The Morgan fingerprint density at radius 2 is 2.11 bits per heavy atom. The first-order valence-electron chi connectivity index (χ1n) is 6.89. The van der Waals surface area contributed by atoms with Crippen LogP contribution >= 0.6 is 0 Å². The number of ether oxygens (including phenoxy) is 1. The topological polar surface area (TPSA) is 31.2 Å². The molecule has 1 unspecified atom stereocenters. The van der Waals surface area contributed by atoms with Crippen molar-refractivity contribution >= 4 is 16.7 Å². The Hall–Kier alpha value is -1.77. The number of benzene rings is 1. The monoisotopic (exact) mass is 257 g/mol. The molecule has 0 spiro atoms. The van der Waals surface area contributed by atoms with Gasteiger partial charge >= 0.3 is 0 Å². The van der Waals surface area contributed by atoms with Crippen LogP contribution in [0.25, 0.3) is 10.9 Å². The highest BCUT2D eigenvalue weighted by atomic mass is 16.5. The van der Waals surface area contributed by atoms with Gasteiger partial charge in [-0.1, -0.05) is 6.42 Å². The van der Waals surface area contributed by atoms with Gasteiger partial charge in [-0.3, -0.25) is 4.79 Å². The number of rotatable bonds is 2. The Bertz CT molecular complexity index is 627. The zero-order chi connectivity index (χ0) is 13.4. The van der Waals surface area contributed by atoms with Gasteiger partial charge in [-0.15, -0.1) is 0 Å². The van der Waals surface area contributed by atoms with Crippen LogP contribution in [-0.2, 0) is 4.79 Å². The standard InChI is InChI=1S/C16H19NO2/c1-11-9-12-10-13(19-2)7-8-14(12)17(11)15-5-3-4-6-16(15)18/h7-10,15H,3-6H2,1-2H3. The highest BCUT2D eigenvalue weighted by Crippen LogP contribution is 2.32. The highest BCUT2D eigenvalue weighted by molar-refractivity contribution is 5.88. The number of aryl methyl sites for hydroxylation is 1. The van der Waals surface area contributed by atoms with Gasteiger partial charge in [0.2, 0.25) is 0 Å². The van der Waals surface area contributed by atoms with Crippen LogP contribution in [0.15, 0.2) is 24.3 Å². The van der Waals surface area contributed by atoms with Crippen LogP contribution < -0.4 is 4.74 Å². The minimum Gasteiger partial charge on any atom is -0.497 e. The molecular formula is C16H19NO2. The lowest BCUT2D eigenvalue weighted by Crippen LogP contribution is -2.23. The molecule has 3 rings (SSSR count). The maximum atomic E-state index is 12.2. The molecule has 0 aliphatic heterocycles. The Balaban J connectivity index is 2.12. The van der Waals surface area contributed by atoms with E-state index in [1.54, 1.807) is 7.11 Å². The van der Waals surface area contributed by atoms with E-state index in [-0.39, 0.29) is 6.04 Å². The number of carbonyl (C=O) groups is 1. The molecule has 0 N–H and O–H groups in total. The van der Waals surface area contributed by atoms with Crippen LogP contribution in [0, 0.1) is 6.92 Å². The van der Waals surface area contributed by atoms with Crippen molar-refractivity contribution in [1.82, 2.24) is 4.57 Å². The summed E-state index contributed by atoms with van der Waals surface area (Å²) in [5.41, 5.74) is 2.29. The molecule has 1 aliphatic rings. The van der Waals surface area contributed by atoms with E-state index in [1.165, 1.54) is 0 Å². The molecule has 19 heavy (non-hydrogen) atoms. The minimum absolute atomic E-state index is 0.0274. The molecule has 1 aromatic carbocycles. The molecule has 1 aromatic heterocycles. The third-order valence-electron chi connectivity index (χ3n) is 4.07. The van der Waals surface area contributed by atoms with Gasteiger partial charge < -0.3 is 9.30 Å². The van der Waals surface area contributed by atoms with Crippen molar-refractivity contribution < 1.29 is 9.53 Å². The van der Waals surface area contributed by atoms with Crippen LogP contribution in [0.4, 0.5) is 0 Å². The largest absolute Gasteiger partial charge is 0.497 e. The number of fused-ring (bicyclic) bond motifs is 1. The summed E-state index contributed by atoms with van der Waals surface area (Å²) >= 11 is 0. The van der Waals surface area contributed by atoms with Gasteiger partial charge in [0.15, 0.2) is 5.78 Å². The third kappa shape index (κ3) is 2.03. The Morgan fingerprint density at radius 3 is 2.84 bits per heavy atom. The molecule has 0 bridgehead atoms. The lowest BCUT2D eigenvalue weighted by atomic mass is 9.93. The van der Waals surface area contributed by atoms with Crippen molar-refractivity contribution in [3.63, 3.8) is 0 Å². The average Bonchev–Trinajstić information content (AvgIpc) is 2.74. The Labute approximate surface area is 113 Å². The minimum atomic E-state index is 0.0274. The van der Waals surface area contributed by atoms with E-state index >= 15 is 0 Å². The van der Waals surface area contributed by atoms with Gasteiger partial charge in [-0.05, 0) is 44.0 Å². The molecule has 3 heteroatoms. The summed E-state index contributed by atoms with van der Waals surface area (Å²) in [6.07, 6.45) is 3.88. The zero-order valence-electron chi connectivity index (χ0n) is 11.5. The molecule has 1 saturated carbocycles. The zero-order valence-corrected chi connectivity index (χ0v) is 11.5. The van der Waals surface area contributed by atoms with Crippen molar-refractivity contribution in [3.05, 3.63) is 30.0 Å². The second-order valence-electron chi connectivity index (χ2n) is 5.31. The van der Waals surface area contributed by atoms with Gasteiger partial charge in [0, 0.05) is 23.0 Å². The van der Waals surface area contributed by atoms with Crippen LogP contribution in [0.3, 0.4) is 0 Å². The molecule has 2 aromatic rings. The molecule has 3 nitrogen and oxygen atoms in total. The normalized spacial score (nSPS) is 19.9. The first-order chi connectivity index (χ1) is 9.20. The van der Waals surface area contributed by atoms with Crippen molar-refractivity contribution in [1.29, 1.82) is 0 Å². The Kier molecular flexibility index (Phi) is 3.05. The van der Waals surface area contributed by atoms with Crippen molar-refractivity contribution in [2.45, 2.75) is 38.6 Å². The van der Waals surface area contributed by atoms with Gasteiger partial charge in [0.1, 0.15) is 5.75 Å².